The number of nitrogens with two attached hydrogens (primary N) is 1. The number of nitrogen functional groups attached to an aromatic ring is 1. The molecule has 5 rings (SSSR count). The van der Waals surface area contributed by atoms with E-state index in [1.165, 1.54) is 9.42 Å². The van der Waals surface area contributed by atoms with Gasteiger partial charge in [0.05, 0.1) is 6.54 Å². The molecule has 2 aliphatic heterocycles. The zero-order valence-corrected chi connectivity index (χ0v) is 19.0. The van der Waals surface area contributed by atoms with Crippen LogP contribution in [0.5, 0.6) is 0 Å². The molecule has 0 unspecified atom stereocenters. The summed E-state index contributed by atoms with van der Waals surface area (Å²) in [6.45, 7) is 0.721. The first-order valence-electron chi connectivity index (χ1n) is 11.1. The van der Waals surface area contributed by atoms with Crippen LogP contribution in [0.25, 0.3) is 17.4 Å². The molecule has 16 heteroatoms. The average Bonchev–Trinajstić information content (AvgIpc) is 3.39. The summed E-state index contributed by atoms with van der Waals surface area (Å²) in [5, 5.41) is 4.25. The second kappa shape index (κ2) is 8.53. The zero-order valence-electron chi connectivity index (χ0n) is 19.0. The van der Waals surface area contributed by atoms with Crippen LogP contribution in [0.2, 0.25) is 0 Å². The highest BCUT2D eigenvalue weighted by Crippen LogP contribution is 2.36. The molecular formula is C20H22F5N9O2. The Bertz CT molecular complexity index is 1280. The second-order valence-electron chi connectivity index (χ2n) is 8.74. The largest absolute Gasteiger partial charge is 0.458 e. The van der Waals surface area contributed by atoms with Crippen molar-refractivity contribution in [3.8, 4) is 11.6 Å². The lowest BCUT2D eigenvalue weighted by atomic mass is 10.0. The molecule has 0 bridgehead atoms. The Kier molecular flexibility index (Phi) is 5.72. The molecule has 2 aliphatic rings. The Hall–Kier alpha value is -3.56. The van der Waals surface area contributed by atoms with Crippen molar-refractivity contribution in [2.24, 2.45) is 0 Å². The van der Waals surface area contributed by atoms with Gasteiger partial charge in [0.25, 0.3) is 5.78 Å². The summed E-state index contributed by atoms with van der Waals surface area (Å²) in [6.07, 6.45) is -5.11. The van der Waals surface area contributed by atoms with Crippen LogP contribution in [0.1, 0.15) is 12.2 Å². The number of hydrogen-bond donors (Lipinski definition) is 1. The number of furan rings is 1. The van der Waals surface area contributed by atoms with E-state index >= 15 is 0 Å². The number of rotatable bonds is 5. The van der Waals surface area contributed by atoms with Gasteiger partial charge in [-0.1, -0.05) is 0 Å². The Balaban J connectivity index is 1.26. The van der Waals surface area contributed by atoms with Crippen LogP contribution in [-0.2, 0) is 4.79 Å². The molecule has 2 fully saturated rings. The van der Waals surface area contributed by atoms with E-state index in [2.05, 4.69) is 20.1 Å². The summed E-state index contributed by atoms with van der Waals surface area (Å²) >= 11 is 0. The summed E-state index contributed by atoms with van der Waals surface area (Å²) < 4.78 is 70.9. The molecule has 5 heterocycles. The van der Waals surface area contributed by atoms with Gasteiger partial charge in [-0.05, 0) is 25.5 Å². The van der Waals surface area contributed by atoms with Crippen LogP contribution in [0, 0.1) is 6.92 Å². The van der Waals surface area contributed by atoms with Crippen molar-refractivity contribution < 1.29 is 31.2 Å². The van der Waals surface area contributed by atoms with Crippen molar-refractivity contribution in [3.05, 3.63) is 17.9 Å². The number of carbonyl (C=O) groups is 1. The van der Waals surface area contributed by atoms with Crippen LogP contribution in [-0.4, -0.2) is 97.7 Å². The number of alkyl halides is 5. The highest BCUT2D eigenvalue weighted by molar-refractivity contribution is 5.86. The minimum absolute atomic E-state index is 0.00864. The number of aromatic nitrogens is 5. The molecule has 36 heavy (non-hydrogen) atoms. The molecule has 2 saturated heterocycles. The van der Waals surface area contributed by atoms with Gasteiger partial charge < -0.3 is 20.0 Å². The lowest BCUT2D eigenvalue weighted by Crippen LogP contribution is -2.61. The van der Waals surface area contributed by atoms with Crippen molar-refractivity contribution in [2.75, 3.05) is 49.9 Å². The number of carbonyl (C=O) groups excluding carboxylic acids is 1. The summed E-state index contributed by atoms with van der Waals surface area (Å²) in [4.78, 5) is 30.1. The number of nitrogens with zero attached hydrogens (tertiary/aromatic N) is 8. The number of piperazine rings is 1. The number of aryl methyl sites for hydroxylation is 1. The van der Waals surface area contributed by atoms with E-state index in [1.807, 2.05) is 0 Å². The second-order valence-corrected chi connectivity index (χ2v) is 8.74. The summed E-state index contributed by atoms with van der Waals surface area (Å²) in [6, 6.07) is 2.87. The van der Waals surface area contributed by atoms with Crippen LogP contribution in [0.4, 0.5) is 33.8 Å². The van der Waals surface area contributed by atoms with Gasteiger partial charge in [-0.2, -0.15) is 41.4 Å². The van der Waals surface area contributed by atoms with Gasteiger partial charge in [0.1, 0.15) is 11.8 Å². The molecular weight excluding hydrogens is 493 g/mol. The molecule has 0 spiro atoms. The Morgan fingerprint density at radius 3 is 2.39 bits per heavy atom. The van der Waals surface area contributed by atoms with Crippen LogP contribution >= 0.6 is 0 Å². The van der Waals surface area contributed by atoms with E-state index in [4.69, 9.17) is 10.2 Å². The minimum Gasteiger partial charge on any atom is -0.458 e. The highest BCUT2D eigenvalue weighted by Gasteiger charge is 2.58. The van der Waals surface area contributed by atoms with E-state index in [9.17, 15) is 26.7 Å². The standard InChI is InChI=1S/C20H22F5N9O2/c1-11-2-3-13(36-11)14-27-18-29-17(28-16(26)34(18)30-14)33-5-4-12(33)15(35)32-8-6-31(7-9-32)10-19(21,22)20(23,24)25/h2-3,12H,4-10H2,1H3,(H2,26,27,28,29,30)/t12-/m0/s1. The van der Waals surface area contributed by atoms with E-state index in [0.717, 1.165) is 4.90 Å². The van der Waals surface area contributed by atoms with E-state index < -0.39 is 24.7 Å². The van der Waals surface area contributed by atoms with Gasteiger partial charge in [0.2, 0.25) is 23.6 Å². The first kappa shape index (κ1) is 24.1. The number of halogens is 5. The molecule has 0 aliphatic carbocycles. The maximum Gasteiger partial charge on any atom is 0.454 e. The predicted octanol–water partition coefficient (Wildman–Crippen LogP) is 1.59. The SMILES string of the molecule is Cc1ccc(-c2nc3nc(N4CC[C@H]4C(=O)N4CCN(CC(F)(F)C(F)(F)F)CC4)nc(N)n3n2)o1. The maximum absolute atomic E-state index is 13.4. The Morgan fingerprint density at radius 1 is 1.08 bits per heavy atom. The number of anilines is 2. The zero-order chi connectivity index (χ0) is 25.8. The molecule has 194 valence electrons. The fraction of sp³-hybridized carbons (Fsp3) is 0.550. The summed E-state index contributed by atoms with van der Waals surface area (Å²) in [5.41, 5.74) is 6.04. The van der Waals surface area contributed by atoms with E-state index in [0.29, 0.717) is 24.5 Å². The summed E-state index contributed by atoms with van der Waals surface area (Å²) in [5.74, 6) is -3.35. The lowest BCUT2D eigenvalue weighted by molar-refractivity contribution is -0.287. The third-order valence-electron chi connectivity index (χ3n) is 6.26. The minimum atomic E-state index is -5.61. The van der Waals surface area contributed by atoms with Crippen molar-refractivity contribution in [1.29, 1.82) is 0 Å². The quantitative estimate of drug-likeness (QED) is 0.505. The number of amides is 1. The van der Waals surface area contributed by atoms with Gasteiger partial charge in [-0.25, -0.2) is 0 Å². The van der Waals surface area contributed by atoms with Gasteiger partial charge in [0.15, 0.2) is 5.76 Å². The molecule has 2 N–H and O–H groups in total. The van der Waals surface area contributed by atoms with Crippen LogP contribution in [0.3, 0.4) is 0 Å². The molecule has 0 radical (unpaired) electrons. The molecule has 3 aromatic rings. The van der Waals surface area contributed by atoms with Crippen molar-refractivity contribution in [2.45, 2.75) is 31.5 Å². The normalized spacial score (nSPS) is 19.7. The average molecular weight is 515 g/mol. The van der Waals surface area contributed by atoms with Crippen molar-refractivity contribution >= 4 is 23.6 Å². The van der Waals surface area contributed by atoms with Crippen LogP contribution < -0.4 is 10.6 Å². The van der Waals surface area contributed by atoms with Gasteiger partial charge in [-0.15, -0.1) is 5.10 Å². The fourth-order valence-electron chi connectivity index (χ4n) is 4.17. The fourth-order valence-corrected chi connectivity index (χ4v) is 4.17. The van der Waals surface area contributed by atoms with Crippen LogP contribution in [0.15, 0.2) is 16.5 Å². The molecule has 1 amide bonds. The number of fused-ring (bicyclic) bond motifs is 1. The first-order valence-corrected chi connectivity index (χ1v) is 11.1. The van der Waals surface area contributed by atoms with Gasteiger partial charge >= 0.3 is 12.1 Å². The Morgan fingerprint density at radius 2 is 1.81 bits per heavy atom. The maximum atomic E-state index is 13.4. The topological polar surface area (TPSA) is 122 Å². The third kappa shape index (κ3) is 4.29. The first-order chi connectivity index (χ1) is 16.9. The molecule has 1 atom stereocenters. The monoisotopic (exact) mass is 515 g/mol. The van der Waals surface area contributed by atoms with Gasteiger partial charge in [0, 0.05) is 32.7 Å². The highest BCUT2D eigenvalue weighted by atomic mass is 19.4. The smallest absolute Gasteiger partial charge is 0.454 e. The van der Waals surface area contributed by atoms with E-state index in [1.54, 1.807) is 24.0 Å². The lowest BCUT2D eigenvalue weighted by Gasteiger charge is -2.44. The Labute approximate surface area is 200 Å². The van der Waals surface area contributed by atoms with Crippen molar-refractivity contribution in [1.82, 2.24) is 34.4 Å². The molecule has 3 aromatic heterocycles. The summed E-state index contributed by atoms with van der Waals surface area (Å²) in [7, 11) is 0. The predicted molar refractivity (Wildman–Crippen MR) is 115 cm³/mol. The molecule has 11 nitrogen and oxygen atoms in total. The van der Waals surface area contributed by atoms with E-state index in [-0.39, 0.29) is 55.6 Å². The molecule has 0 saturated carbocycles. The third-order valence-corrected chi connectivity index (χ3v) is 6.26. The number of hydrogen-bond acceptors (Lipinski definition) is 9. The van der Waals surface area contributed by atoms with Crippen molar-refractivity contribution in [3.63, 3.8) is 0 Å². The van der Waals surface area contributed by atoms with Gasteiger partial charge in [-0.3, -0.25) is 9.69 Å². The molecule has 0 aromatic carbocycles.